The number of nitrogens with zero attached hydrogens (tertiary/aromatic N) is 3. The van der Waals surface area contributed by atoms with Crippen LogP contribution >= 0.6 is 0 Å². The molecule has 0 saturated carbocycles. The van der Waals surface area contributed by atoms with Crippen LogP contribution < -0.4 is 4.74 Å². The number of likely N-dealkylation sites (tertiary alicyclic amines) is 1. The lowest BCUT2D eigenvalue weighted by Crippen LogP contribution is -2.35. The van der Waals surface area contributed by atoms with E-state index in [2.05, 4.69) is 34.1 Å². The number of carbonyl (C=O) groups excluding carboxylic acids is 1. The average molecular weight is 436 g/mol. The topological polar surface area (TPSA) is 36.0 Å². The van der Waals surface area contributed by atoms with E-state index in [-0.39, 0.29) is 5.91 Å². The largest absolute Gasteiger partial charge is 0.494 e. The molecule has 0 bridgehead atoms. The van der Waals surface area contributed by atoms with Gasteiger partial charge in [0.1, 0.15) is 5.75 Å². The lowest BCUT2D eigenvalue weighted by atomic mass is 10.1. The van der Waals surface area contributed by atoms with Gasteiger partial charge in [-0.3, -0.25) is 9.69 Å². The molecular weight excluding hydrogens is 398 g/mol. The minimum absolute atomic E-state index is 0.147. The van der Waals surface area contributed by atoms with Crippen molar-refractivity contribution >= 4 is 5.91 Å². The van der Waals surface area contributed by atoms with E-state index >= 15 is 0 Å². The van der Waals surface area contributed by atoms with Crippen LogP contribution in [0.5, 0.6) is 5.75 Å². The Labute approximate surface area is 193 Å². The standard InChI is InChI=1S/C27H37N3O2/c31-27(25-9-3-1-4-10-25)30-19-7-17-29(20-21-30)23-24-11-13-26(14-12-24)32-22-8-18-28-15-5-2-6-16-28/h1,3-4,9-14H,2,5-8,15-23H2. The molecule has 4 rings (SSSR count). The summed E-state index contributed by atoms with van der Waals surface area (Å²) in [7, 11) is 0. The summed E-state index contributed by atoms with van der Waals surface area (Å²) in [5.41, 5.74) is 2.08. The third-order valence-electron chi connectivity index (χ3n) is 6.56. The second-order valence-corrected chi connectivity index (χ2v) is 9.04. The fourth-order valence-electron chi connectivity index (χ4n) is 4.71. The molecule has 2 aromatic rings. The molecule has 0 aliphatic carbocycles. The fourth-order valence-corrected chi connectivity index (χ4v) is 4.71. The molecule has 2 aliphatic heterocycles. The summed E-state index contributed by atoms with van der Waals surface area (Å²) >= 11 is 0. The van der Waals surface area contributed by atoms with E-state index in [9.17, 15) is 4.79 Å². The molecule has 32 heavy (non-hydrogen) atoms. The highest BCUT2D eigenvalue weighted by Crippen LogP contribution is 2.16. The number of carbonyl (C=O) groups is 1. The van der Waals surface area contributed by atoms with Gasteiger partial charge in [-0.05, 0) is 68.6 Å². The van der Waals surface area contributed by atoms with Crippen LogP contribution in [0.3, 0.4) is 0 Å². The smallest absolute Gasteiger partial charge is 0.253 e. The van der Waals surface area contributed by atoms with E-state index in [4.69, 9.17) is 4.74 Å². The van der Waals surface area contributed by atoms with Crippen molar-refractivity contribution in [3.05, 3.63) is 65.7 Å². The van der Waals surface area contributed by atoms with Crippen LogP contribution in [0.2, 0.25) is 0 Å². The maximum absolute atomic E-state index is 12.7. The van der Waals surface area contributed by atoms with Gasteiger partial charge in [-0.1, -0.05) is 36.8 Å². The van der Waals surface area contributed by atoms with E-state index in [0.29, 0.717) is 0 Å². The number of hydrogen-bond donors (Lipinski definition) is 0. The van der Waals surface area contributed by atoms with Gasteiger partial charge < -0.3 is 14.5 Å². The van der Waals surface area contributed by atoms with Crippen LogP contribution in [0.4, 0.5) is 0 Å². The highest BCUT2D eigenvalue weighted by molar-refractivity contribution is 5.94. The van der Waals surface area contributed by atoms with Crippen LogP contribution in [0.25, 0.3) is 0 Å². The van der Waals surface area contributed by atoms with Gasteiger partial charge in [0.2, 0.25) is 0 Å². The Hall–Kier alpha value is -2.37. The van der Waals surface area contributed by atoms with Gasteiger partial charge in [-0.2, -0.15) is 0 Å². The minimum atomic E-state index is 0.147. The molecule has 172 valence electrons. The van der Waals surface area contributed by atoms with Gasteiger partial charge in [0.15, 0.2) is 0 Å². The number of piperidine rings is 1. The summed E-state index contributed by atoms with van der Waals surface area (Å²) in [6.07, 6.45) is 6.19. The number of ether oxygens (including phenoxy) is 1. The maximum Gasteiger partial charge on any atom is 0.253 e. The third kappa shape index (κ3) is 6.81. The minimum Gasteiger partial charge on any atom is -0.494 e. The van der Waals surface area contributed by atoms with Crippen LogP contribution in [0.1, 0.15) is 48.0 Å². The van der Waals surface area contributed by atoms with Crippen molar-refractivity contribution in [2.45, 2.75) is 38.6 Å². The zero-order valence-electron chi connectivity index (χ0n) is 19.3. The number of amides is 1. The Morgan fingerprint density at radius 2 is 1.50 bits per heavy atom. The Bertz CT molecular complexity index is 819. The van der Waals surface area contributed by atoms with Crippen molar-refractivity contribution in [1.82, 2.24) is 14.7 Å². The molecule has 0 spiro atoms. The molecule has 0 radical (unpaired) electrons. The summed E-state index contributed by atoms with van der Waals surface area (Å²) in [5.74, 6) is 1.11. The predicted octanol–water partition coefficient (Wildman–Crippen LogP) is 4.29. The summed E-state index contributed by atoms with van der Waals surface area (Å²) < 4.78 is 5.96. The maximum atomic E-state index is 12.7. The van der Waals surface area contributed by atoms with Crippen molar-refractivity contribution in [1.29, 1.82) is 0 Å². The van der Waals surface area contributed by atoms with Gasteiger partial charge in [0.25, 0.3) is 5.91 Å². The molecule has 2 saturated heterocycles. The quantitative estimate of drug-likeness (QED) is 0.580. The van der Waals surface area contributed by atoms with Crippen LogP contribution in [-0.2, 0) is 6.54 Å². The first-order valence-corrected chi connectivity index (χ1v) is 12.3. The molecular formula is C27H37N3O2. The second kappa shape index (κ2) is 12.0. The van der Waals surface area contributed by atoms with Crippen molar-refractivity contribution in [2.75, 3.05) is 52.4 Å². The highest BCUT2D eigenvalue weighted by atomic mass is 16.5. The summed E-state index contributed by atoms with van der Waals surface area (Å²) in [4.78, 5) is 19.8. The van der Waals surface area contributed by atoms with E-state index in [0.717, 1.165) is 70.0 Å². The number of benzene rings is 2. The molecule has 5 nitrogen and oxygen atoms in total. The van der Waals surface area contributed by atoms with Crippen molar-refractivity contribution in [3.8, 4) is 5.75 Å². The molecule has 5 heteroatoms. The SMILES string of the molecule is O=C(c1ccccc1)N1CCCN(Cc2ccc(OCCCN3CCCCC3)cc2)CC1. The van der Waals surface area contributed by atoms with Crippen LogP contribution in [-0.4, -0.2) is 73.0 Å². The monoisotopic (exact) mass is 435 g/mol. The Morgan fingerprint density at radius 3 is 2.28 bits per heavy atom. The molecule has 2 aromatic carbocycles. The normalized spacial score (nSPS) is 18.3. The van der Waals surface area contributed by atoms with Crippen molar-refractivity contribution < 1.29 is 9.53 Å². The molecule has 0 N–H and O–H groups in total. The van der Waals surface area contributed by atoms with Crippen LogP contribution in [0, 0.1) is 0 Å². The second-order valence-electron chi connectivity index (χ2n) is 9.04. The van der Waals surface area contributed by atoms with E-state index in [1.54, 1.807) is 0 Å². The number of rotatable bonds is 8. The Balaban J connectivity index is 1.18. The van der Waals surface area contributed by atoms with E-state index in [1.165, 1.54) is 37.9 Å². The highest BCUT2D eigenvalue weighted by Gasteiger charge is 2.20. The van der Waals surface area contributed by atoms with Crippen molar-refractivity contribution in [2.24, 2.45) is 0 Å². The zero-order chi connectivity index (χ0) is 22.0. The average Bonchev–Trinajstić information content (AvgIpc) is 3.09. The lowest BCUT2D eigenvalue weighted by Gasteiger charge is -2.26. The molecule has 0 atom stereocenters. The van der Waals surface area contributed by atoms with Gasteiger partial charge in [0, 0.05) is 44.8 Å². The van der Waals surface area contributed by atoms with E-state index in [1.807, 2.05) is 35.2 Å². The first-order chi connectivity index (χ1) is 15.8. The number of hydrogen-bond acceptors (Lipinski definition) is 4. The Morgan fingerprint density at radius 1 is 0.750 bits per heavy atom. The van der Waals surface area contributed by atoms with E-state index < -0.39 is 0 Å². The summed E-state index contributed by atoms with van der Waals surface area (Å²) in [6.45, 7) is 8.90. The van der Waals surface area contributed by atoms with Crippen LogP contribution in [0.15, 0.2) is 54.6 Å². The van der Waals surface area contributed by atoms with Crippen molar-refractivity contribution in [3.63, 3.8) is 0 Å². The molecule has 2 fully saturated rings. The molecule has 0 unspecified atom stereocenters. The fraction of sp³-hybridized carbons (Fsp3) is 0.519. The molecule has 1 amide bonds. The first kappa shape index (κ1) is 22.8. The lowest BCUT2D eigenvalue weighted by molar-refractivity contribution is 0.0761. The Kier molecular flexibility index (Phi) is 8.57. The van der Waals surface area contributed by atoms with Gasteiger partial charge in [-0.15, -0.1) is 0 Å². The first-order valence-electron chi connectivity index (χ1n) is 12.3. The van der Waals surface area contributed by atoms with Gasteiger partial charge >= 0.3 is 0 Å². The molecule has 2 heterocycles. The predicted molar refractivity (Wildman–Crippen MR) is 129 cm³/mol. The summed E-state index contributed by atoms with van der Waals surface area (Å²) in [5, 5.41) is 0. The summed E-state index contributed by atoms with van der Waals surface area (Å²) in [6, 6.07) is 18.2. The third-order valence-corrected chi connectivity index (χ3v) is 6.56. The zero-order valence-corrected chi connectivity index (χ0v) is 19.3. The molecule has 2 aliphatic rings. The van der Waals surface area contributed by atoms with Gasteiger partial charge in [0.05, 0.1) is 6.61 Å². The molecule has 0 aromatic heterocycles. The van der Waals surface area contributed by atoms with Gasteiger partial charge in [-0.25, -0.2) is 0 Å².